The summed E-state index contributed by atoms with van der Waals surface area (Å²) in [6.45, 7) is 0. The van der Waals surface area contributed by atoms with Crippen molar-refractivity contribution in [2.75, 3.05) is 19.0 Å². The molecule has 4 nitrogen and oxygen atoms in total. The lowest BCUT2D eigenvalue weighted by Crippen LogP contribution is -2.18. The Labute approximate surface area is 180 Å². The summed E-state index contributed by atoms with van der Waals surface area (Å²) in [6.07, 6.45) is -0.121. The molecule has 6 heteroatoms. The highest BCUT2D eigenvalue weighted by Gasteiger charge is 2.31. The predicted molar refractivity (Wildman–Crippen MR) is 120 cm³/mol. The second-order valence-electron chi connectivity index (χ2n) is 6.97. The van der Waals surface area contributed by atoms with Gasteiger partial charge in [0.1, 0.15) is 0 Å². The van der Waals surface area contributed by atoms with E-state index in [4.69, 9.17) is 0 Å². The Morgan fingerprint density at radius 2 is 1.48 bits per heavy atom. The van der Waals surface area contributed by atoms with Crippen LogP contribution in [0.4, 0.5) is 5.69 Å². The number of nitrogens with zero attached hydrogens (tertiary/aromatic N) is 1. The number of carbonyl (C=O) groups is 1. The molecule has 0 N–H and O–H groups in total. The van der Waals surface area contributed by atoms with E-state index in [1.807, 2.05) is 37.2 Å². The lowest BCUT2D eigenvalue weighted by atomic mass is 10.0. The standard InChI is InChI=1S/C23H22BrNO3S/c1-25(2)20-12-8-18(9-13-20)23(16-22(26)17-6-4-3-5-7-17)29(27,28)21-14-10-19(24)11-15-21/h3-15,23H,16H2,1-2H3/t23-/m0/s1. The highest BCUT2D eigenvalue weighted by Crippen LogP contribution is 2.34. The first kappa shape index (κ1) is 21.3. The summed E-state index contributed by atoms with van der Waals surface area (Å²) in [5.41, 5.74) is 2.07. The topological polar surface area (TPSA) is 54.5 Å². The second kappa shape index (κ2) is 8.93. The highest BCUT2D eigenvalue weighted by atomic mass is 79.9. The molecule has 0 aromatic heterocycles. The van der Waals surface area contributed by atoms with E-state index in [1.54, 1.807) is 60.7 Å². The Morgan fingerprint density at radius 3 is 2.03 bits per heavy atom. The largest absolute Gasteiger partial charge is 0.378 e. The van der Waals surface area contributed by atoms with Crippen LogP contribution in [0.3, 0.4) is 0 Å². The lowest BCUT2D eigenvalue weighted by Gasteiger charge is -2.20. The van der Waals surface area contributed by atoms with Gasteiger partial charge in [-0.3, -0.25) is 4.79 Å². The number of carbonyl (C=O) groups excluding carboxylic acids is 1. The number of rotatable bonds is 7. The van der Waals surface area contributed by atoms with Crippen LogP contribution in [0, 0.1) is 0 Å². The Bertz CT molecular complexity index is 1080. The van der Waals surface area contributed by atoms with E-state index in [-0.39, 0.29) is 17.1 Å². The van der Waals surface area contributed by atoms with Crippen LogP contribution >= 0.6 is 15.9 Å². The highest BCUT2D eigenvalue weighted by molar-refractivity contribution is 9.10. The zero-order valence-electron chi connectivity index (χ0n) is 16.2. The van der Waals surface area contributed by atoms with Crippen LogP contribution in [0.2, 0.25) is 0 Å². The zero-order chi connectivity index (χ0) is 21.0. The van der Waals surface area contributed by atoms with Crippen molar-refractivity contribution in [1.82, 2.24) is 0 Å². The molecular weight excluding hydrogens is 450 g/mol. The summed E-state index contributed by atoms with van der Waals surface area (Å²) >= 11 is 3.33. The molecule has 1 atom stereocenters. The monoisotopic (exact) mass is 471 g/mol. The quantitative estimate of drug-likeness (QED) is 0.438. The van der Waals surface area contributed by atoms with Crippen molar-refractivity contribution in [3.8, 4) is 0 Å². The SMILES string of the molecule is CN(C)c1ccc([C@H](CC(=O)c2ccccc2)S(=O)(=O)c2ccc(Br)cc2)cc1. The Morgan fingerprint density at radius 1 is 0.897 bits per heavy atom. The van der Waals surface area contributed by atoms with Gasteiger partial charge < -0.3 is 4.90 Å². The summed E-state index contributed by atoms with van der Waals surface area (Å²) in [6, 6.07) is 22.6. The van der Waals surface area contributed by atoms with Crippen molar-refractivity contribution in [2.45, 2.75) is 16.6 Å². The van der Waals surface area contributed by atoms with Crippen LogP contribution in [-0.2, 0) is 9.84 Å². The molecule has 0 unspecified atom stereocenters. The second-order valence-corrected chi connectivity index (χ2v) is 10.0. The van der Waals surface area contributed by atoms with Gasteiger partial charge in [0.05, 0.1) is 10.1 Å². The number of benzene rings is 3. The molecule has 150 valence electrons. The van der Waals surface area contributed by atoms with Gasteiger partial charge in [-0.1, -0.05) is 58.4 Å². The van der Waals surface area contributed by atoms with E-state index in [1.165, 1.54) is 0 Å². The van der Waals surface area contributed by atoms with Crippen molar-refractivity contribution < 1.29 is 13.2 Å². The minimum atomic E-state index is -3.76. The van der Waals surface area contributed by atoms with Gasteiger partial charge >= 0.3 is 0 Å². The number of halogens is 1. The van der Waals surface area contributed by atoms with Gasteiger partial charge in [-0.25, -0.2) is 8.42 Å². The van der Waals surface area contributed by atoms with Crippen molar-refractivity contribution in [3.63, 3.8) is 0 Å². The van der Waals surface area contributed by atoms with Crippen molar-refractivity contribution in [2.24, 2.45) is 0 Å². The summed E-state index contributed by atoms with van der Waals surface area (Å²) in [4.78, 5) is 15.0. The summed E-state index contributed by atoms with van der Waals surface area (Å²) in [5, 5.41) is -0.965. The summed E-state index contributed by atoms with van der Waals surface area (Å²) in [5.74, 6) is -0.201. The molecule has 0 bridgehead atoms. The minimum Gasteiger partial charge on any atom is -0.378 e. The molecule has 0 aliphatic heterocycles. The first-order valence-corrected chi connectivity index (χ1v) is 11.5. The van der Waals surface area contributed by atoms with Crippen molar-refractivity contribution in [3.05, 3.63) is 94.5 Å². The molecule has 3 rings (SSSR count). The Balaban J connectivity index is 2.03. The lowest BCUT2D eigenvalue weighted by molar-refractivity contribution is 0.0980. The fourth-order valence-electron chi connectivity index (χ4n) is 3.09. The molecular formula is C23H22BrNO3S. The van der Waals surface area contributed by atoms with Crippen LogP contribution < -0.4 is 4.90 Å². The molecule has 0 radical (unpaired) electrons. The molecule has 0 spiro atoms. The molecule has 29 heavy (non-hydrogen) atoms. The molecule has 0 aliphatic carbocycles. The third-order valence-corrected chi connectivity index (χ3v) is 7.41. The third-order valence-electron chi connectivity index (χ3n) is 4.76. The molecule has 0 amide bonds. The minimum absolute atomic E-state index is 0.121. The van der Waals surface area contributed by atoms with E-state index in [0.717, 1.165) is 10.2 Å². The number of hydrogen-bond acceptors (Lipinski definition) is 4. The van der Waals surface area contributed by atoms with Gasteiger partial charge in [0.25, 0.3) is 0 Å². The Kier molecular flexibility index (Phi) is 6.55. The molecule has 0 saturated carbocycles. The van der Waals surface area contributed by atoms with Gasteiger partial charge in [0.15, 0.2) is 15.6 Å². The van der Waals surface area contributed by atoms with Gasteiger partial charge in [-0.15, -0.1) is 0 Å². The fraction of sp³-hybridized carbons (Fsp3) is 0.174. The van der Waals surface area contributed by atoms with E-state index >= 15 is 0 Å². The van der Waals surface area contributed by atoms with E-state index in [9.17, 15) is 13.2 Å². The molecule has 3 aromatic carbocycles. The van der Waals surface area contributed by atoms with Gasteiger partial charge in [-0.2, -0.15) is 0 Å². The molecule has 0 heterocycles. The summed E-state index contributed by atoms with van der Waals surface area (Å²) < 4.78 is 27.7. The average molecular weight is 472 g/mol. The van der Waals surface area contributed by atoms with Crippen molar-refractivity contribution in [1.29, 1.82) is 0 Å². The predicted octanol–water partition coefficient (Wildman–Crippen LogP) is 5.30. The number of hydrogen-bond donors (Lipinski definition) is 0. The Hall–Kier alpha value is -2.44. The number of Topliss-reactive ketones (excluding diaryl/α,β-unsaturated/α-hetero) is 1. The molecule has 3 aromatic rings. The fourth-order valence-corrected chi connectivity index (χ4v) is 5.09. The summed E-state index contributed by atoms with van der Waals surface area (Å²) in [7, 11) is 0.0789. The normalized spacial score (nSPS) is 12.4. The number of anilines is 1. The van der Waals surface area contributed by atoms with Crippen LogP contribution in [0.15, 0.2) is 88.2 Å². The van der Waals surface area contributed by atoms with E-state index in [2.05, 4.69) is 15.9 Å². The first-order valence-electron chi connectivity index (χ1n) is 9.14. The zero-order valence-corrected chi connectivity index (χ0v) is 18.7. The maximum absolute atomic E-state index is 13.5. The van der Waals surface area contributed by atoms with Gasteiger partial charge in [0, 0.05) is 36.2 Å². The molecule has 0 fully saturated rings. The maximum atomic E-state index is 13.5. The molecule has 0 saturated heterocycles. The van der Waals surface area contributed by atoms with Gasteiger partial charge in [0.2, 0.25) is 0 Å². The smallest absolute Gasteiger partial charge is 0.185 e. The van der Waals surface area contributed by atoms with E-state index < -0.39 is 15.1 Å². The van der Waals surface area contributed by atoms with Crippen LogP contribution in [0.1, 0.15) is 27.6 Å². The van der Waals surface area contributed by atoms with Crippen LogP contribution in [-0.4, -0.2) is 28.3 Å². The van der Waals surface area contributed by atoms with Crippen molar-refractivity contribution >= 4 is 37.2 Å². The third kappa shape index (κ3) is 4.95. The molecule has 0 aliphatic rings. The van der Waals surface area contributed by atoms with E-state index in [0.29, 0.717) is 11.1 Å². The maximum Gasteiger partial charge on any atom is 0.185 e. The van der Waals surface area contributed by atoms with Gasteiger partial charge in [-0.05, 0) is 42.0 Å². The number of ketones is 1. The first-order chi connectivity index (χ1) is 13.8. The average Bonchev–Trinajstić information content (AvgIpc) is 2.72. The van der Waals surface area contributed by atoms with Crippen LogP contribution in [0.25, 0.3) is 0 Å². The van der Waals surface area contributed by atoms with Crippen LogP contribution in [0.5, 0.6) is 0 Å². The number of sulfone groups is 1.